The molecule has 0 saturated carbocycles. The van der Waals surface area contributed by atoms with Crippen molar-refractivity contribution in [2.75, 3.05) is 24.4 Å². The van der Waals surface area contributed by atoms with Crippen molar-refractivity contribution in [1.82, 2.24) is 9.88 Å². The molecule has 0 aliphatic carbocycles. The molecule has 0 unspecified atom stereocenters. The van der Waals surface area contributed by atoms with Gasteiger partial charge in [-0.2, -0.15) is 8.42 Å². The number of carbonyl (C=O) groups is 1. The summed E-state index contributed by atoms with van der Waals surface area (Å²) in [5, 5.41) is 0. The summed E-state index contributed by atoms with van der Waals surface area (Å²) in [6.45, 7) is 5.78. The first kappa shape index (κ1) is 22.1. The normalized spacial score (nSPS) is 19.7. The molecule has 0 spiro atoms. The van der Waals surface area contributed by atoms with Crippen molar-refractivity contribution >= 4 is 27.6 Å². The first-order valence-corrected chi connectivity index (χ1v) is 12.1. The number of piperidine rings is 1. The number of pyridine rings is 1. The Kier molecular flexibility index (Phi) is 6.05. The number of benzene rings is 1. The summed E-state index contributed by atoms with van der Waals surface area (Å²) in [6, 6.07) is 8.67. The van der Waals surface area contributed by atoms with E-state index in [9.17, 15) is 13.2 Å². The molecule has 4 rings (SSSR count). The van der Waals surface area contributed by atoms with Crippen LogP contribution in [0.3, 0.4) is 0 Å². The van der Waals surface area contributed by atoms with E-state index in [1.807, 2.05) is 11.0 Å². The fourth-order valence-corrected chi connectivity index (χ4v) is 4.85. The van der Waals surface area contributed by atoms with Gasteiger partial charge < -0.3 is 15.4 Å². The summed E-state index contributed by atoms with van der Waals surface area (Å²) in [5.41, 5.74) is 8.21. The molecule has 0 bridgehead atoms. The second kappa shape index (κ2) is 8.78. The Bertz CT molecular complexity index is 1160. The molecule has 0 radical (unpaired) electrons. The number of rotatable bonds is 5. The van der Waals surface area contributed by atoms with E-state index >= 15 is 0 Å². The quantitative estimate of drug-likeness (QED) is 0.710. The lowest BCUT2D eigenvalue weighted by Gasteiger charge is -2.33. The van der Waals surface area contributed by atoms with Crippen molar-refractivity contribution in [3.05, 3.63) is 53.3 Å². The first-order chi connectivity index (χ1) is 15.2. The van der Waals surface area contributed by atoms with Gasteiger partial charge in [0.2, 0.25) is 0 Å². The third-order valence-corrected chi connectivity index (χ3v) is 6.56. The Hall–Kier alpha value is -3.14. The maximum atomic E-state index is 13.0. The minimum absolute atomic E-state index is 0.00174. The van der Waals surface area contributed by atoms with E-state index in [4.69, 9.17) is 10.5 Å². The van der Waals surface area contributed by atoms with Crippen molar-refractivity contribution in [1.29, 1.82) is 0 Å². The molecule has 1 fully saturated rings. The number of hydrogen-bond donors (Lipinski definition) is 2. The van der Waals surface area contributed by atoms with E-state index in [0.29, 0.717) is 42.3 Å². The van der Waals surface area contributed by atoms with Crippen molar-refractivity contribution in [2.45, 2.75) is 32.6 Å². The molecule has 1 saturated heterocycles. The minimum atomic E-state index is -3.84. The van der Waals surface area contributed by atoms with Crippen molar-refractivity contribution < 1.29 is 17.9 Å². The third kappa shape index (κ3) is 4.69. The molecule has 3 heterocycles. The second-order valence-corrected chi connectivity index (χ2v) is 9.76. The number of amidine groups is 1. The van der Waals surface area contributed by atoms with E-state index in [1.54, 1.807) is 30.5 Å². The standard InChI is InChI=1S/C22H27N5O4S/c1-14(2)18-11-16(8-9-24-18)22(28)27-10-4-5-15(12-27)13-31-19-7-3-6-17-20(19)21(23)26-32(29,30)25-17/h3,6-9,11,14-15,25H,4-5,10,12-13H2,1-2H3,(H2,23,26)/t15-/m0/s1. The number of aromatic nitrogens is 1. The number of nitrogens with zero attached hydrogens (tertiary/aromatic N) is 3. The van der Waals surface area contributed by atoms with Crippen LogP contribution in [0.2, 0.25) is 0 Å². The zero-order valence-electron chi connectivity index (χ0n) is 18.1. The maximum absolute atomic E-state index is 13.0. The van der Waals surface area contributed by atoms with Gasteiger partial charge in [-0.15, -0.1) is 4.40 Å². The molecule has 1 aromatic carbocycles. The first-order valence-electron chi connectivity index (χ1n) is 10.6. The number of anilines is 1. The van der Waals surface area contributed by atoms with Crippen molar-refractivity contribution in [2.24, 2.45) is 16.0 Å². The number of carbonyl (C=O) groups excluding carboxylic acids is 1. The van der Waals surface area contributed by atoms with Crippen molar-refractivity contribution in [3.8, 4) is 5.75 Å². The predicted molar refractivity (Wildman–Crippen MR) is 122 cm³/mol. The zero-order chi connectivity index (χ0) is 22.9. The number of ether oxygens (including phenoxy) is 1. The lowest BCUT2D eigenvalue weighted by molar-refractivity contribution is 0.0633. The second-order valence-electron chi connectivity index (χ2n) is 8.43. The zero-order valence-corrected chi connectivity index (χ0v) is 18.9. The molecule has 9 nitrogen and oxygen atoms in total. The van der Waals surface area contributed by atoms with Gasteiger partial charge in [0.1, 0.15) is 5.75 Å². The highest BCUT2D eigenvalue weighted by Gasteiger charge is 2.27. The summed E-state index contributed by atoms with van der Waals surface area (Å²) in [7, 11) is -3.84. The Morgan fingerprint density at radius 2 is 2.16 bits per heavy atom. The van der Waals surface area contributed by atoms with Gasteiger partial charge in [0.25, 0.3) is 5.91 Å². The van der Waals surface area contributed by atoms with E-state index in [1.165, 1.54) is 0 Å². The van der Waals surface area contributed by atoms with Crippen LogP contribution in [0.15, 0.2) is 40.9 Å². The number of nitrogens with two attached hydrogens (primary N) is 1. The van der Waals surface area contributed by atoms with Gasteiger partial charge in [-0.1, -0.05) is 19.9 Å². The molecule has 1 amide bonds. The van der Waals surface area contributed by atoms with Gasteiger partial charge in [0.05, 0.1) is 17.9 Å². The SMILES string of the molecule is CC(C)c1cc(C(=O)N2CCC[C@H](COc3cccc4c3C(N)=NS(=O)(=O)N4)C2)ccn1. The molecular formula is C22H27N5O4S. The van der Waals surface area contributed by atoms with E-state index in [0.717, 1.165) is 18.5 Å². The molecule has 2 aliphatic rings. The Morgan fingerprint density at radius 3 is 2.94 bits per heavy atom. The number of fused-ring (bicyclic) bond motifs is 1. The smallest absolute Gasteiger partial charge is 0.344 e. The summed E-state index contributed by atoms with van der Waals surface area (Å²) in [4.78, 5) is 19.3. The van der Waals surface area contributed by atoms with Crippen LogP contribution < -0.4 is 15.2 Å². The van der Waals surface area contributed by atoms with Crippen LogP contribution in [0.1, 0.15) is 54.2 Å². The van der Waals surface area contributed by atoms with E-state index in [2.05, 4.69) is 28.0 Å². The summed E-state index contributed by atoms with van der Waals surface area (Å²) >= 11 is 0. The number of nitrogens with one attached hydrogen (secondary N) is 1. The molecule has 32 heavy (non-hydrogen) atoms. The van der Waals surface area contributed by atoms with Gasteiger partial charge in [0.15, 0.2) is 5.84 Å². The van der Waals surface area contributed by atoms with Crippen molar-refractivity contribution in [3.63, 3.8) is 0 Å². The van der Waals surface area contributed by atoms with Crippen LogP contribution >= 0.6 is 0 Å². The predicted octanol–water partition coefficient (Wildman–Crippen LogP) is 2.51. The van der Waals surface area contributed by atoms with Crippen LogP contribution in [0.4, 0.5) is 5.69 Å². The highest BCUT2D eigenvalue weighted by Crippen LogP contribution is 2.31. The summed E-state index contributed by atoms with van der Waals surface area (Å²) in [6.07, 6.45) is 3.51. The topological polar surface area (TPSA) is 127 Å². The fourth-order valence-electron chi connectivity index (χ4n) is 4.01. The molecule has 3 N–H and O–H groups in total. The Morgan fingerprint density at radius 1 is 1.34 bits per heavy atom. The monoisotopic (exact) mass is 457 g/mol. The van der Waals surface area contributed by atoms with Gasteiger partial charge in [-0.25, -0.2) is 0 Å². The van der Waals surface area contributed by atoms with Crippen LogP contribution in [0, 0.1) is 5.92 Å². The minimum Gasteiger partial charge on any atom is -0.492 e. The van der Waals surface area contributed by atoms with E-state index < -0.39 is 10.2 Å². The average Bonchev–Trinajstić information content (AvgIpc) is 2.76. The van der Waals surface area contributed by atoms with Gasteiger partial charge in [-0.3, -0.25) is 14.5 Å². The van der Waals surface area contributed by atoms with Gasteiger partial charge in [-0.05, 0) is 43.0 Å². The maximum Gasteiger partial charge on any atom is 0.344 e. The van der Waals surface area contributed by atoms with Crippen LogP contribution in [0.25, 0.3) is 0 Å². The van der Waals surface area contributed by atoms with E-state index in [-0.39, 0.29) is 23.6 Å². The number of likely N-dealkylation sites (tertiary alicyclic amines) is 1. The Balaban J connectivity index is 1.44. The molecule has 170 valence electrons. The molecule has 2 aliphatic heterocycles. The lowest BCUT2D eigenvalue weighted by Crippen LogP contribution is -2.41. The largest absolute Gasteiger partial charge is 0.492 e. The summed E-state index contributed by atoms with van der Waals surface area (Å²) < 4.78 is 35.4. The molecule has 1 atom stereocenters. The highest BCUT2D eigenvalue weighted by molar-refractivity contribution is 7.91. The fraction of sp³-hybridized carbons (Fsp3) is 0.409. The van der Waals surface area contributed by atoms with Gasteiger partial charge in [0, 0.05) is 36.5 Å². The summed E-state index contributed by atoms with van der Waals surface area (Å²) in [5.74, 6) is 0.761. The molecular weight excluding hydrogens is 430 g/mol. The average molecular weight is 458 g/mol. The van der Waals surface area contributed by atoms with Crippen LogP contribution in [-0.2, 0) is 10.2 Å². The van der Waals surface area contributed by atoms with Crippen LogP contribution in [0.5, 0.6) is 5.75 Å². The molecule has 1 aromatic heterocycles. The lowest BCUT2D eigenvalue weighted by atomic mass is 9.98. The van der Waals surface area contributed by atoms with Gasteiger partial charge >= 0.3 is 10.2 Å². The third-order valence-electron chi connectivity index (χ3n) is 5.64. The highest BCUT2D eigenvalue weighted by atomic mass is 32.2. The molecule has 2 aromatic rings. The Labute approximate surface area is 187 Å². The number of amides is 1. The van der Waals surface area contributed by atoms with Crippen LogP contribution in [-0.4, -0.2) is 49.7 Å². The molecule has 10 heteroatoms. The number of hydrogen-bond acceptors (Lipinski definition) is 6.